The molecular formula is C25H26N4O5. The number of nitrogens with one attached hydrogen (secondary N) is 3. The van der Waals surface area contributed by atoms with Crippen molar-refractivity contribution in [3.05, 3.63) is 64.1 Å². The molecule has 2 aliphatic rings. The Bertz CT molecular complexity index is 1180. The van der Waals surface area contributed by atoms with E-state index in [0.717, 1.165) is 5.56 Å². The summed E-state index contributed by atoms with van der Waals surface area (Å²) in [5.74, 6) is 1.85. The highest BCUT2D eigenvalue weighted by molar-refractivity contribution is 5.85. The lowest BCUT2D eigenvalue weighted by Gasteiger charge is -2.20. The van der Waals surface area contributed by atoms with Crippen LogP contribution in [0.25, 0.3) is 0 Å². The van der Waals surface area contributed by atoms with Gasteiger partial charge in [-0.3, -0.25) is 24.3 Å². The molecule has 1 aromatic carbocycles. The van der Waals surface area contributed by atoms with Crippen LogP contribution < -0.4 is 21.5 Å². The molecule has 3 N–H and O–H groups in total. The van der Waals surface area contributed by atoms with Crippen molar-refractivity contribution in [2.75, 3.05) is 11.9 Å². The van der Waals surface area contributed by atoms with Gasteiger partial charge in [0.05, 0.1) is 6.04 Å². The summed E-state index contributed by atoms with van der Waals surface area (Å²) < 4.78 is 6.57. The molecule has 3 amide bonds. The second-order valence-electron chi connectivity index (χ2n) is 8.39. The summed E-state index contributed by atoms with van der Waals surface area (Å²) in [6.45, 7) is 0.667. The van der Waals surface area contributed by atoms with Gasteiger partial charge in [0, 0.05) is 18.2 Å². The minimum Gasteiger partial charge on any atom is -0.444 e. The highest BCUT2D eigenvalue weighted by atomic mass is 16.5. The van der Waals surface area contributed by atoms with Crippen molar-refractivity contribution in [1.82, 2.24) is 15.2 Å². The molecule has 9 nitrogen and oxygen atoms in total. The number of anilines is 1. The van der Waals surface area contributed by atoms with Crippen LogP contribution in [0, 0.1) is 18.3 Å². The minimum absolute atomic E-state index is 0.0256. The first-order valence-electron chi connectivity index (χ1n) is 11.2. The van der Waals surface area contributed by atoms with Gasteiger partial charge in [0.25, 0.3) is 5.56 Å². The topological polar surface area (TPSA) is 119 Å². The van der Waals surface area contributed by atoms with E-state index >= 15 is 0 Å². The van der Waals surface area contributed by atoms with Crippen LogP contribution in [0.4, 0.5) is 10.5 Å². The van der Waals surface area contributed by atoms with Crippen molar-refractivity contribution in [2.24, 2.45) is 5.92 Å². The fourth-order valence-corrected chi connectivity index (χ4v) is 4.35. The molecule has 0 saturated carbocycles. The van der Waals surface area contributed by atoms with E-state index in [9.17, 15) is 19.2 Å². The molecule has 3 heterocycles. The second-order valence-corrected chi connectivity index (χ2v) is 8.39. The van der Waals surface area contributed by atoms with Crippen LogP contribution >= 0.6 is 0 Å². The van der Waals surface area contributed by atoms with Gasteiger partial charge in [0.1, 0.15) is 18.3 Å². The Hall–Kier alpha value is -4.06. The number of carbonyl (C=O) groups is 3. The predicted octanol–water partition coefficient (Wildman–Crippen LogP) is 1.73. The molecule has 0 spiro atoms. The molecule has 176 valence electrons. The van der Waals surface area contributed by atoms with E-state index in [2.05, 4.69) is 21.9 Å². The van der Waals surface area contributed by atoms with Crippen molar-refractivity contribution >= 4 is 23.6 Å². The number of hydrogen-bond donors (Lipinski definition) is 3. The number of amides is 3. The van der Waals surface area contributed by atoms with Crippen molar-refractivity contribution < 1.29 is 19.1 Å². The molecule has 1 fully saturated rings. The van der Waals surface area contributed by atoms with Crippen LogP contribution in [0.1, 0.15) is 36.6 Å². The molecule has 2 aromatic rings. The van der Waals surface area contributed by atoms with E-state index in [-0.39, 0.29) is 30.0 Å². The molecule has 1 saturated heterocycles. The van der Waals surface area contributed by atoms with Gasteiger partial charge in [0.15, 0.2) is 0 Å². The number of carbonyl (C=O) groups excluding carboxylic acids is 3. The van der Waals surface area contributed by atoms with Crippen LogP contribution in [0.5, 0.6) is 0 Å². The van der Waals surface area contributed by atoms with E-state index in [1.54, 1.807) is 6.07 Å². The lowest BCUT2D eigenvalue weighted by Crippen LogP contribution is -2.42. The third-order valence-corrected chi connectivity index (χ3v) is 6.14. The number of aryl methyl sites for hydroxylation is 1. The molecule has 2 aliphatic heterocycles. The fraction of sp³-hybridized carbons (Fsp3) is 0.360. The van der Waals surface area contributed by atoms with Crippen molar-refractivity contribution in [1.29, 1.82) is 0 Å². The van der Waals surface area contributed by atoms with E-state index in [1.165, 1.54) is 10.6 Å². The maximum absolute atomic E-state index is 13.1. The Kier molecular flexibility index (Phi) is 6.97. The largest absolute Gasteiger partial charge is 0.444 e. The van der Waals surface area contributed by atoms with Gasteiger partial charge in [-0.1, -0.05) is 36.3 Å². The van der Waals surface area contributed by atoms with Gasteiger partial charge in [-0.15, -0.1) is 6.42 Å². The van der Waals surface area contributed by atoms with Gasteiger partial charge in [-0.2, -0.15) is 0 Å². The Morgan fingerprint density at radius 1 is 1.18 bits per heavy atom. The first-order valence-corrected chi connectivity index (χ1v) is 11.2. The Labute approximate surface area is 196 Å². The summed E-state index contributed by atoms with van der Waals surface area (Å²) >= 11 is 0. The highest BCUT2D eigenvalue weighted by Gasteiger charge is 2.33. The summed E-state index contributed by atoms with van der Waals surface area (Å²) in [6.07, 6.45) is 6.82. The number of hydrogen-bond acceptors (Lipinski definition) is 5. The monoisotopic (exact) mass is 462 g/mol. The number of rotatable bonds is 7. The quantitative estimate of drug-likeness (QED) is 0.542. The van der Waals surface area contributed by atoms with Gasteiger partial charge >= 0.3 is 6.09 Å². The highest BCUT2D eigenvalue weighted by Crippen LogP contribution is 2.25. The van der Waals surface area contributed by atoms with Crippen molar-refractivity contribution in [2.45, 2.75) is 44.4 Å². The van der Waals surface area contributed by atoms with E-state index < -0.39 is 23.7 Å². The Morgan fingerprint density at radius 2 is 1.97 bits per heavy atom. The third-order valence-electron chi connectivity index (χ3n) is 6.14. The van der Waals surface area contributed by atoms with Crippen LogP contribution in [-0.4, -0.2) is 35.1 Å². The summed E-state index contributed by atoms with van der Waals surface area (Å²) in [5.41, 5.74) is 1.05. The summed E-state index contributed by atoms with van der Waals surface area (Å²) in [6, 6.07) is 11.0. The molecule has 0 bridgehead atoms. The van der Waals surface area contributed by atoms with Crippen molar-refractivity contribution in [3.8, 4) is 12.3 Å². The Morgan fingerprint density at radius 3 is 2.68 bits per heavy atom. The van der Waals surface area contributed by atoms with Gasteiger partial charge in [-0.05, 0) is 43.4 Å². The lowest BCUT2D eigenvalue weighted by molar-refractivity contribution is -0.126. The van der Waals surface area contributed by atoms with Crippen molar-refractivity contribution in [3.63, 3.8) is 0 Å². The van der Waals surface area contributed by atoms with Gasteiger partial charge < -0.3 is 15.4 Å². The summed E-state index contributed by atoms with van der Waals surface area (Å²) in [7, 11) is 0. The summed E-state index contributed by atoms with van der Waals surface area (Å²) in [5, 5.41) is 8.03. The first kappa shape index (κ1) is 23.1. The number of nitrogens with zero attached hydrogens (tertiary/aromatic N) is 1. The molecular weight excluding hydrogens is 436 g/mol. The van der Waals surface area contributed by atoms with E-state index in [0.29, 0.717) is 37.9 Å². The predicted molar refractivity (Wildman–Crippen MR) is 125 cm³/mol. The lowest BCUT2D eigenvalue weighted by atomic mass is 9.98. The van der Waals surface area contributed by atoms with Crippen LogP contribution in [-0.2, 0) is 27.4 Å². The molecule has 4 rings (SSSR count). The molecule has 34 heavy (non-hydrogen) atoms. The van der Waals surface area contributed by atoms with Crippen LogP contribution in [0.3, 0.4) is 0 Å². The average molecular weight is 463 g/mol. The third kappa shape index (κ3) is 5.12. The maximum atomic E-state index is 13.1. The molecule has 0 radical (unpaired) electrons. The zero-order valence-corrected chi connectivity index (χ0v) is 18.6. The van der Waals surface area contributed by atoms with Crippen LogP contribution in [0.2, 0.25) is 0 Å². The van der Waals surface area contributed by atoms with Gasteiger partial charge in [0.2, 0.25) is 11.8 Å². The number of fused-ring (bicyclic) bond motifs is 1. The smallest absolute Gasteiger partial charge is 0.412 e. The first-order chi connectivity index (χ1) is 16.5. The fourth-order valence-electron chi connectivity index (χ4n) is 4.35. The second kappa shape index (κ2) is 10.3. The average Bonchev–Trinajstić information content (AvgIpc) is 3.46. The zero-order valence-electron chi connectivity index (χ0n) is 18.6. The number of pyridine rings is 1. The maximum Gasteiger partial charge on any atom is 0.412 e. The number of ether oxygens (including phenoxy) is 1. The minimum atomic E-state index is -0.761. The summed E-state index contributed by atoms with van der Waals surface area (Å²) in [4.78, 5) is 50.1. The van der Waals surface area contributed by atoms with Gasteiger partial charge in [-0.25, -0.2) is 4.79 Å². The normalized spacial score (nSPS) is 19.4. The standard InChI is InChI=1S/C25H26N4O5/c1-2-18(14-17-12-13-26-22(17)30)27-23(31)21-11-9-19-8-10-20(24(32)29(19)21)28-25(33)34-15-16-6-4-3-5-7-16/h1,3-8,10,17-18,21H,9,11-15H2,(H,26,30)(H,27,31)(H,28,33)/t17-,18+,21-/m0/s1. The van der Waals surface area contributed by atoms with E-state index in [4.69, 9.17) is 11.2 Å². The molecule has 0 aliphatic carbocycles. The van der Waals surface area contributed by atoms with E-state index in [1.807, 2.05) is 30.3 Å². The number of terminal acetylenes is 1. The molecule has 9 heteroatoms. The number of aromatic nitrogens is 1. The Balaban J connectivity index is 1.42. The number of benzene rings is 1. The molecule has 0 unspecified atom stereocenters. The SMILES string of the molecule is C#C[C@H](C[C@@H]1CCNC1=O)NC(=O)[C@@H]1CCc2ccc(NC(=O)OCc3ccccc3)c(=O)n21. The zero-order chi connectivity index (χ0) is 24.1. The molecule has 3 atom stereocenters. The molecule has 1 aromatic heterocycles. The van der Waals surface area contributed by atoms with Crippen LogP contribution in [0.15, 0.2) is 47.3 Å².